The van der Waals surface area contributed by atoms with Crippen molar-refractivity contribution >= 4 is 17.3 Å². The van der Waals surface area contributed by atoms with Crippen LogP contribution in [0.5, 0.6) is 5.75 Å². The molecule has 118 valence electrons. The molecule has 1 N–H and O–H groups in total. The molecule has 1 aliphatic rings. The molecule has 21 heavy (non-hydrogen) atoms. The summed E-state index contributed by atoms with van der Waals surface area (Å²) >= 11 is 1.24. The largest absolute Gasteiger partial charge is 0.489 e. The second-order valence-electron chi connectivity index (χ2n) is 5.81. The molecule has 1 saturated heterocycles. The van der Waals surface area contributed by atoms with E-state index >= 15 is 0 Å². The van der Waals surface area contributed by atoms with E-state index in [0.29, 0.717) is 24.9 Å². The van der Waals surface area contributed by atoms with Gasteiger partial charge in [0.25, 0.3) is 0 Å². The van der Waals surface area contributed by atoms with Crippen molar-refractivity contribution in [3.63, 3.8) is 0 Å². The van der Waals surface area contributed by atoms with Gasteiger partial charge in [0.05, 0.1) is 6.61 Å². The number of rotatable bonds is 6. The summed E-state index contributed by atoms with van der Waals surface area (Å²) < 4.78 is 11.4. The van der Waals surface area contributed by atoms with Crippen molar-refractivity contribution in [1.82, 2.24) is 4.90 Å². The first kappa shape index (κ1) is 16.3. The van der Waals surface area contributed by atoms with Gasteiger partial charge >= 0.3 is 5.97 Å². The minimum atomic E-state index is -0.936. The zero-order chi connectivity index (χ0) is 15.4. The molecule has 0 radical (unpaired) electrons. The SMILES string of the molecule is Cc1cc(OCC2CN(CC(C)C)CCO2)c(C(=O)O)s1. The molecule has 0 aliphatic carbocycles. The first-order valence-electron chi connectivity index (χ1n) is 7.26. The number of carboxylic acid groups (broad SMARTS) is 1. The predicted octanol–water partition coefficient (Wildman–Crippen LogP) is 2.49. The number of hydrogen-bond donors (Lipinski definition) is 1. The number of aryl methyl sites for hydroxylation is 1. The third-order valence-corrected chi connectivity index (χ3v) is 4.31. The highest BCUT2D eigenvalue weighted by Gasteiger charge is 2.23. The fourth-order valence-corrected chi connectivity index (χ4v) is 3.29. The summed E-state index contributed by atoms with van der Waals surface area (Å²) in [7, 11) is 0. The summed E-state index contributed by atoms with van der Waals surface area (Å²) in [6.07, 6.45) is -0.000601. The molecule has 0 aromatic carbocycles. The van der Waals surface area contributed by atoms with Gasteiger partial charge in [-0.15, -0.1) is 11.3 Å². The van der Waals surface area contributed by atoms with Crippen molar-refractivity contribution in [2.24, 2.45) is 5.92 Å². The van der Waals surface area contributed by atoms with Crippen LogP contribution in [0.1, 0.15) is 28.4 Å². The normalized spacial score (nSPS) is 19.9. The fourth-order valence-electron chi connectivity index (χ4n) is 2.49. The lowest BCUT2D eigenvalue weighted by atomic mass is 10.2. The van der Waals surface area contributed by atoms with Gasteiger partial charge in [-0.25, -0.2) is 4.79 Å². The molecule has 0 saturated carbocycles. The van der Waals surface area contributed by atoms with Gasteiger partial charge in [0.1, 0.15) is 18.5 Å². The average Bonchev–Trinajstić information content (AvgIpc) is 2.77. The minimum Gasteiger partial charge on any atom is -0.489 e. The van der Waals surface area contributed by atoms with Crippen LogP contribution in [0.25, 0.3) is 0 Å². The maximum absolute atomic E-state index is 11.2. The number of nitrogens with zero attached hydrogens (tertiary/aromatic N) is 1. The van der Waals surface area contributed by atoms with E-state index in [1.807, 2.05) is 6.92 Å². The Morgan fingerprint density at radius 3 is 3.05 bits per heavy atom. The highest BCUT2D eigenvalue weighted by atomic mass is 32.1. The molecule has 1 unspecified atom stereocenters. The molecule has 1 aliphatic heterocycles. The third kappa shape index (κ3) is 4.69. The lowest BCUT2D eigenvalue weighted by Gasteiger charge is -2.33. The lowest BCUT2D eigenvalue weighted by molar-refractivity contribution is -0.0505. The molecule has 2 rings (SSSR count). The second-order valence-corrected chi connectivity index (χ2v) is 7.07. The van der Waals surface area contributed by atoms with Crippen LogP contribution < -0.4 is 4.74 Å². The van der Waals surface area contributed by atoms with E-state index in [2.05, 4.69) is 18.7 Å². The highest BCUT2D eigenvalue weighted by molar-refractivity contribution is 7.14. The Balaban J connectivity index is 1.89. The molecule has 2 heterocycles. The minimum absolute atomic E-state index is 0.000601. The standard InChI is InChI=1S/C15H23NO4S/c1-10(2)7-16-4-5-19-12(8-16)9-20-13-6-11(3)21-14(13)15(17)18/h6,10,12H,4-5,7-9H2,1-3H3,(H,17,18). The van der Waals surface area contributed by atoms with Gasteiger partial charge in [0.2, 0.25) is 0 Å². The average molecular weight is 313 g/mol. The second kappa shape index (κ2) is 7.24. The maximum Gasteiger partial charge on any atom is 0.349 e. The monoisotopic (exact) mass is 313 g/mol. The Labute approximate surface area is 129 Å². The van der Waals surface area contributed by atoms with Gasteiger partial charge in [-0.05, 0) is 18.9 Å². The van der Waals surface area contributed by atoms with Gasteiger partial charge < -0.3 is 14.6 Å². The van der Waals surface area contributed by atoms with Gasteiger partial charge in [0.15, 0.2) is 4.88 Å². The van der Waals surface area contributed by atoms with E-state index in [1.165, 1.54) is 11.3 Å². The molecule has 1 atom stereocenters. The van der Waals surface area contributed by atoms with Crippen LogP contribution >= 0.6 is 11.3 Å². The quantitative estimate of drug-likeness (QED) is 0.874. The van der Waals surface area contributed by atoms with Crippen LogP contribution in [-0.2, 0) is 4.74 Å². The molecule has 1 fully saturated rings. The fraction of sp³-hybridized carbons (Fsp3) is 0.667. The molecule has 6 heteroatoms. The van der Waals surface area contributed by atoms with Gasteiger partial charge in [-0.1, -0.05) is 13.8 Å². The molecule has 0 bridgehead atoms. The third-order valence-electron chi connectivity index (χ3n) is 3.29. The molecule has 1 aromatic heterocycles. The topological polar surface area (TPSA) is 59.0 Å². The lowest BCUT2D eigenvalue weighted by Crippen LogP contribution is -2.46. The number of morpholine rings is 1. The highest BCUT2D eigenvalue weighted by Crippen LogP contribution is 2.29. The number of thiophene rings is 1. The predicted molar refractivity (Wildman–Crippen MR) is 82.5 cm³/mol. The molecule has 5 nitrogen and oxygen atoms in total. The zero-order valence-corrected chi connectivity index (χ0v) is 13.6. The number of carboxylic acids is 1. The van der Waals surface area contributed by atoms with Crippen molar-refractivity contribution < 1.29 is 19.4 Å². The molecule has 0 spiro atoms. The molecular weight excluding hydrogens is 290 g/mol. The summed E-state index contributed by atoms with van der Waals surface area (Å²) in [6.45, 7) is 10.2. The van der Waals surface area contributed by atoms with E-state index in [1.54, 1.807) is 6.07 Å². The van der Waals surface area contributed by atoms with Crippen molar-refractivity contribution in [1.29, 1.82) is 0 Å². The maximum atomic E-state index is 11.2. The molecule has 0 amide bonds. The van der Waals surface area contributed by atoms with E-state index in [-0.39, 0.29) is 11.0 Å². The van der Waals surface area contributed by atoms with E-state index < -0.39 is 5.97 Å². The van der Waals surface area contributed by atoms with Crippen LogP contribution in [0.4, 0.5) is 0 Å². The number of carbonyl (C=O) groups is 1. The summed E-state index contributed by atoms with van der Waals surface area (Å²) in [5.74, 6) is 0.145. The Morgan fingerprint density at radius 2 is 2.38 bits per heavy atom. The van der Waals surface area contributed by atoms with Crippen molar-refractivity contribution in [3.05, 3.63) is 15.8 Å². The van der Waals surface area contributed by atoms with E-state index in [0.717, 1.165) is 24.5 Å². The Kier molecular flexibility index (Phi) is 5.61. The summed E-state index contributed by atoms with van der Waals surface area (Å²) in [6, 6.07) is 1.78. The molecular formula is C15H23NO4S. The Bertz CT molecular complexity index is 486. The van der Waals surface area contributed by atoms with Crippen molar-refractivity contribution in [2.75, 3.05) is 32.8 Å². The van der Waals surface area contributed by atoms with Crippen LogP contribution in [0.15, 0.2) is 6.07 Å². The van der Waals surface area contributed by atoms with E-state index in [9.17, 15) is 4.79 Å². The summed E-state index contributed by atoms with van der Waals surface area (Å²) in [4.78, 5) is 14.7. The van der Waals surface area contributed by atoms with Crippen molar-refractivity contribution in [3.8, 4) is 5.75 Å². The first-order chi connectivity index (χ1) is 9.95. The van der Waals surface area contributed by atoms with Crippen molar-refractivity contribution in [2.45, 2.75) is 26.9 Å². The summed E-state index contributed by atoms with van der Waals surface area (Å²) in [5, 5.41) is 9.15. The summed E-state index contributed by atoms with van der Waals surface area (Å²) in [5.41, 5.74) is 0. The first-order valence-corrected chi connectivity index (χ1v) is 8.08. The number of aromatic carboxylic acids is 1. The van der Waals surface area contributed by atoms with Crippen LogP contribution in [0, 0.1) is 12.8 Å². The van der Waals surface area contributed by atoms with Gasteiger partial charge in [0, 0.05) is 24.5 Å². The number of ether oxygens (including phenoxy) is 2. The molecule has 1 aromatic rings. The zero-order valence-electron chi connectivity index (χ0n) is 12.8. The van der Waals surface area contributed by atoms with Crippen LogP contribution in [0.3, 0.4) is 0 Å². The van der Waals surface area contributed by atoms with E-state index in [4.69, 9.17) is 14.6 Å². The van der Waals surface area contributed by atoms with Crippen LogP contribution in [0.2, 0.25) is 0 Å². The van der Waals surface area contributed by atoms with Gasteiger partial charge in [-0.3, -0.25) is 4.90 Å². The smallest absolute Gasteiger partial charge is 0.349 e. The Hall–Kier alpha value is -1.11. The van der Waals surface area contributed by atoms with Crippen LogP contribution in [-0.4, -0.2) is 54.9 Å². The van der Waals surface area contributed by atoms with Gasteiger partial charge in [-0.2, -0.15) is 0 Å². The Morgan fingerprint density at radius 1 is 1.62 bits per heavy atom. The number of hydrogen-bond acceptors (Lipinski definition) is 5.